The van der Waals surface area contributed by atoms with E-state index in [1.807, 2.05) is 6.07 Å². The van der Waals surface area contributed by atoms with Gasteiger partial charge in [-0.2, -0.15) is 0 Å². The molecule has 1 saturated carbocycles. The molecule has 9 heteroatoms. The monoisotopic (exact) mass is 479 g/mol. The Balaban J connectivity index is 1.14. The summed E-state index contributed by atoms with van der Waals surface area (Å²) >= 11 is 6.40. The van der Waals surface area contributed by atoms with Crippen LogP contribution in [0.5, 0.6) is 0 Å². The van der Waals surface area contributed by atoms with E-state index < -0.39 is 0 Å². The summed E-state index contributed by atoms with van der Waals surface area (Å²) in [4.78, 5) is 11.5. The molecule has 7 rings (SSSR count). The van der Waals surface area contributed by atoms with Gasteiger partial charge in [-0.25, -0.2) is 9.37 Å². The smallest absolute Gasteiger partial charge is 0.231 e. The van der Waals surface area contributed by atoms with Crippen LogP contribution in [-0.4, -0.2) is 56.4 Å². The Morgan fingerprint density at radius 3 is 2.47 bits per heavy atom. The zero-order valence-electron chi connectivity index (χ0n) is 19.4. The topological polar surface area (TPSA) is 53.3 Å². The molecule has 0 amide bonds. The number of rotatable bonds is 3. The van der Waals surface area contributed by atoms with Crippen LogP contribution in [0, 0.1) is 18.2 Å². The van der Waals surface area contributed by atoms with Gasteiger partial charge in [-0.1, -0.05) is 11.6 Å². The lowest BCUT2D eigenvalue weighted by molar-refractivity contribution is 0.153. The Kier molecular flexibility index (Phi) is 4.20. The van der Waals surface area contributed by atoms with Gasteiger partial charge in [0.1, 0.15) is 11.6 Å². The van der Waals surface area contributed by atoms with Crippen LogP contribution in [0.1, 0.15) is 36.8 Å². The van der Waals surface area contributed by atoms with E-state index in [0.717, 1.165) is 67.6 Å². The number of fused-ring (bicyclic) bond motifs is 3. The van der Waals surface area contributed by atoms with Crippen LogP contribution in [0.4, 0.5) is 16.2 Å². The Hall–Kier alpha value is -2.71. The first-order valence-electron chi connectivity index (χ1n) is 11.9. The molecule has 5 heterocycles. The van der Waals surface area contributed by atoms with E-state index in [-0.39, 0.29) is 16.8 Å². The first-order chi connectivity index (χ1) is 16.3. The fraction of sp³-hybridized carbons (Fsp3) is 0.480. The molecular weight excluding hydrogens is 453 g/mol. The van der Waals surface area contributed by atoms with Crippen molar-refractivity contribution in [2.75, 3.05) is 36.0 Å². The fourth-order valence-electron chi connectivity index (χ4n) is 5.81. The van der Waals surface area contributed by atoms with Crippen molar-refractivity contribution in [1.82, 2.24) is 24.6 Å². The summed E-state index contributed by atoms with van der Waals surface area (Å²) in [5.74, 6) is 2.52. The molecule has 0 unspecified atom stereocenters. The lowest BCUT2D eigenvalue weighted by Crippen LogP contribution is -2.73. The molecule has 0 atom stereocenters. The van der Waals surface area contributed by atoms with E-state index in [9.17, 15) is 4.39 Å². The molecule has 4 aliphatic rings. The molecule has 0 N–H and O–H groups in total. The van der Waals surface area contributed by atoms with Crippen LogP contribution < -0.4 is 9.80 Å². The van der Waals surface area contributed by atoms with Gasteiger partial charge in [0.15, 0.2) is 5.82 Å². The minimum absolute atomic E-state index is 0.234. The van der Waals surface area contributed by atoms with E-state index in [1.165, 1.54) is 24.5 Å². The summed E-state index contributed by atoms with van der Waals surface area (Å²) < 4.78 is 15.8. The molecule has 2 saturated heterocycles. The van der Waals surface area contributed by atoms with Gasteiger partial charge in [0.25, 0.3) is 0 Å². The number of pyridine rings is 1. The standard InChI is InChI=1S/C25H27ClFN7/c1-16-19(27)4-6-21(28-16)31-12-25(13-31)14-32(15-25)23-30-29-22-11-33(24(2)7-8-24)10-17-9-18(26)3-5-20(17)34(22)23/h3-6,9H,7-8,10-15H2,1-2H3. The third kappa shape index (κ3) is 3.08. The molecule has 34 heavy (non-hydrogen) atoms. The molecule has 3 fully saturated rings. The minimum atomic E-state index is -0.253. The highest BCUT2D eigenvalue weighted by Gasteiger charge is 2.54. The van der Waals surface area contributed by atoms with Crippen LogP contribution >= 0.6 is 11.6 Å². The summed E-state index contributed by atoms with van der Waals surface area (Å²) in [6.07, 6.45) is 2.44. The van der Waals surface area contributed by atoms with Crippen molar-refractivity contribution in [2.45, 2.75) is 45.3 Å². The van der Waals surface area contributed by atoms with Crippen molar-refractivity contribution in [2.24, 2.45) is 5.41 Å². The normalized spacial score (nSPS) is 22.0. The molecular formula is C25H27ClFN7. The maximum atomic E-state index is 13.6. The van der Waals surface area contributed by atoms with Crippen molar-refractivity contribution in [3.63, 3.8) is 0 Å². The van der Waals surface area contributed by atoms with Gasteiger partial charge in [0.2, 0.25) is 5.95 Å². The number of nitrogens with zero attached hydrogens (tertiary/aromatic N) is 7. The average Bonchev–Trinajstić information content (AvgIpc) is 3.42. The van der Waals surface area contributed by atoms with Crippen molar-refractivity contribution in [1.29, 1.82) is 0 Å². The fourth-order valence-corrected chi connectivity index (χ4v) is 6.00. The third-order valence-electron chi connectivity index (χ3n) is 8.14. The quantitative estimate of drug-likeness (QED) is 0.567. The van der Waals surface area contributed by atoms with Crippen LogP contribution in [0.25, 0.3) is 5.69 Å². The van der Waals surface area contributed by atoms with Gasteiger partial charge >= 0.3 is 0 Å². The number of aromatic nitrogens is 4. The zero-order chi connectivity index (χ0) is 23.2. The lowest BCUT2D eigenvalue weighted by Gasteiger charge is -2.60. The van der Waals surface area contributed by atoms with Gasteiger partial charge in [-0.3, -0.25) is 9.47 Å². The Labute approximate surface area is 203 Å². The number of benzene rings is 1. The molecule has 3 aliphatic heterocycles. The highest BCUT2D eigenvalue weighted by atomic mass is 35.5. The maximum absolute atomic E-state index is 13.6. The summed E-state index contributed by atoms with van der Waals surface area (Å²) in [6, 6.07) is 9.44. The van der Waals surface area contributed by atoms with Crippen LogP contribution in [-0.2, 0) is 13.1 Å². The third-order valence-corrected chi connectivity index (χ3v) is 8.38. The SMILES string of the molecule is Cc1nc(N2CC3(C2)CN(c2nnc4n2-c2ccc(Cl)cc2CN(C2(C)CC2)C4)C3)ccc1F. The Morgan fingerprint density at radius 2 is 1.74 bits per heavy atom. The molecule has 2 aromatic heterocycles. The number of halogens is 2. The molecule has 1 aromatic carbocycles. The number of anilines is 2. The van der Waals surface area contributed by atoms with Crippen molar-refractivity contribution in [3.05, 3.63) is 58.3 Å². The Morgan fingerprint density at radius 1 is 0.971 bits per heavy atom. The van der Waals surface area contributed by atoms with Crippen molar-refractivity contribution < 1.29 is 4.39 Å². The van der Waals surface area contributed by atoms with Gasteiger partial charge in [0.05, 0.1) is 17.9 Å². The van der Waals surface area contributed by atoms with E-state index in [2.05, 4.69) is 53.5 Å². The zero-order valence-corrected chi connectivity index (χ0v) is 20.2. The van der Waals surface area contributed by atoms with E-state index >= 15 is 0 Å². The molecule has 0 bridgehead atoms. The number of hydrogen-bond donors (Lipinski definition) is 0. The largest absolute Gasteiger partial charge is 0.355 e. The van der Waals surface area contributed by atoms with Crippen LogP contribution in [0.3, 0.4) is 0 Å². The van der Waals surface area contributed by atoms with Crippen LogP contribution in [0.15, 0.2) is 30.3 Å². The second-order valence-electron chi connectivity index (χ2n) is 10.8. The minimum Gasteiger partial charge on any atom is -0.355 e. The highest BCUT2D eigenvalue weighted by Crippen LogP contribution is 2.46. The molecule has 1 aliphatic carbocycles. The van der Waals surface area contributed by atoms with Crippen LogP contribution in [0.2, 0.25) is 5.02 Å². The summed E-state index contributed by atoms with van der Waals surface area (Å²) in [5, 5.41) is 10.1. The summed E-state index contributed by atoms with van der Waals surface area (Å²) in [7, 11) is 0. The lowest BCUT2D eigenvalue weighted by atomic mass is 9.73. The average molecular weight is 480 g/mol. The predicted molar refractivity (Wildman–Crippen MR) is 129 cm³/mol. The summed E-state index contributed by atoms with van der Waals surface area (Å²) in [6.45, 7) is 9.45. The van der Waals surface area contributed by atoms with Gasteiger partial charge < -0.3 is 9.80 Å². The van der Waals surface area contributed by atoms with Crippen molar-refractivity contribution >= 4 is 23.4 Å². The Bertz CT molecular complexity index is 1300. The molecule has 3 aromatic rings. The predicted octanol–water partition coefficient (Wildman–Crippen LogP) is 3.96. The first-order valence-corrected chi connectivity index (χ1v) is 12.3. The number of aryl methyl sites for hydroxylation is 1. The van der Waals surface area contributed by atoms with Crippen molar-refractivity contribution in [3.8, 4) is 5.69 Å². The molecule has 1 spiro atoms. The van der Waals surface area contributed by atoms with E-state index in [4.69, 9.17) is 11.6 Å². The highest BCUT2D eigenvalue weighted by molar-refractivity contribution is 6.30. The maximum Gasteiger partial charge on any atom is 0.231 e. The second-order valence-corrected chi connectivity index (χ2v) is 11.3. The second kappa shape index (κ2) is 6.92. The molecule has 0 radical (unpaired) electrons. The first kappa shape index (κ1) is 20.6. The van der Waals surface area contributed by atoms with E-state index in [0.29, 0.717) is 5.69 Å². The van der Waals surface area contributed by atoms with Gasteiger partial charge in [-0.15, -0.1) is 10.2 Å². The van der Waals surface area contributed by atoms with Gasteiger partial charge in [-0.05, 0) is 62.6 Å². The van der Waals surface area contributed by atoms with E-state index in [1.54, 1.807) is 13.0 Å². The van der Waals surface area contributed by atoms with Gasteiger partial charge in [0, 0.05) is 48.7 Å². The summed E-state index contributed by atoms with van der Waals surface area (Å²) in [5.41, 5.74) is 3.28. The number of hydrogen-bond acceptors (Lipinski definition) is 6. The molecule has 176 valence electrons. The molecule has 7 nitrogen and oxygen atoms in total.